The predicted octanol–water partition coefficient (Wildman–Crippen LogP) is 4.47. The minimum absolute atomic E-state index is 0.126. The minimum atomic E-state index is -4.28. The van der Waals surface area contributed by atoms with Crippen LogP contribution in [0.25, 0.3) is 16.6 Å². The molecule has 0 bridgehead atoms. The first-order chi connectivity index (χ1) is 13.8. The summed E-state index contributed by atoms with van der Waals surface area (Å²) in [5.41, 5.74) is 2.71. The standard InChI is InChI=1S/C20H22BF3N2O3/c22-20(23,24)7-5-14(27)9-12-1-3-13(4-2-12)16-10-21(28)29-17-11-26-19-15(18(16)17)6-8-25-19/h6,8,10-13,28H,1-5,7,9H2,(H,25,26). The van der Waals surface area contributed by atoms with Gasteiger partial charge in [-0.1, -0.05) is 0 Å². The van der Waals surface area contributed by atoms with Gasteiger partial charge in [0.05, 0.1) is 12.6 Å². The quantitative estimate of drug-likeness (QED) is 0.719. The van der Waals surface area contributed by atoms with E-state index in [1.54, 1.807) is 12.2 Å². The van der Waals surface area contributed by atoms with E-state index in [9.17, 15) is 23.0 Å². The number of aromatic nitrogens is 2. The van der Waals surface area contributed by atoms with Crippen molar-refractivity contribution in [3.63, 3.8) is 0 Å². The van der Waals surface area contributed by atoms with E-state index >= 15 is 0 Å². The van der Waals surface area contributed by atoms with Gasteiger partial charge >= 0.3 is 13.3 Å². The molecule has 9 heteroatoms. The van der Waals surface area contributed by atoms with Crippen LogP contribution in [0.5, 0.6) is 5.75 Å². The number of Topliss-reactive ketones (excluding diaryl/α,β-unsaturated/α-hetero) is 1. The first kappa shape index (κ1) is 20.0. The topological polar surface area (TPSA) is 75.2 Å². The maximum atomic E-state index is 12.3. The van der Waals surface area contributed by atoms with Crippen molar-refractivity contribution in [2.75, 3.05) is 0 Å². The monoisotopic (exact) mass is 406 g/mol. The molecule has 1 aliphatic carbocycles. The molecule has 29 heavy (non-hydrogen) atoms. The summed E-state index contributed by atoms with van der Waals surface area (Å²) >= 11 is 0. The summed E-state index contributed by atoms with van der Waals surface area (Å²) in [4.78, 5) is 19.3. The summed E-state index contributed by atoms with van der Waals surface area (Å²) in [6.07, 6.45) is 1.10. The van der Waals surface area contributed by atoms with Gasteiger partial charge in [-0.15, -0.1) is 0 Å². The Labute approximate surface area is 166 Å². The number of hydrogen-bond donors (Lipinski definition) is 2. The van der Waals surface area contributed by atoms with Crippen LogP contribution in [0.4, 0.5) is 13.2 Å². The van der Waals surface area contributed by atoms with Gasteiger partial charge in [-0.05, 0) is 55.1 Å². The number of rotatable bonds is 5. The zero-order chi connectivity index (χ0) is 20.6. The molecule has 1 fully saturated rings. The molecule has 1 saturated carbocycles. The lowest BCUT2D eigenvalue weighted by molar-refractivity contribution is -0.143. The summed E-state index contributed by atoms with van der Waals surface area (Å²) in [6, 6.07) is 1.93. The van der Waals surface area contributed by atoms with Gasteiger partial charge in [0.15, 0.2) is 0 Å². The van der Waals surface area contributed by atoms with Crippen LogP contribution in [-0.4, -0.2) is 34.1 Å². The third-order valence-corrected chi connectivity index (χ3v) is 5.90. The molecule has 2 aliphatic rings. The van der Waals surface area contributed by atoms with Crippen molar-refractivity contribution in [1.82, 2.24) is 9.97 Å². The van der Waals surface area contributed by atoms with Crippen LogP contribution in [0.2, 0.25) is 0 Å². The second kappa shape index (κ2) is 7.86. The van der Waals surface area contributed by atoms with E-state index in [4.69, 9.17) is 4.65 Å². The van der Waals surface area contributed by atoms with E-state index in [1.807, 2.05) is 12.3 Å². The fraction of sp³-hybridized carbons (Fsp3) is 0.500. The molecule has 0 radical (unpaired) electrons. The highest BCUT2D eigenvalue weighted by molar-refractivity contribution is 6.52. The largest absolute Gasteiger partial charge is 0.552 e. The highest BCUT2D eigenvalue weighted by atomic mass is 19.4. The van der Waals surface area contributed by atoms with Crippen LogP contribution < -0.4 is 4.65 Å². The highest BCUT2D eigenvalue weighted by Gasteiger charge is 2.34. The van der Waals surface area contributed by atoms with Crippen molar-refractivity contribution in [3.05, 3.63) is 30.0 Å². The lowest BCUT2D eigenvalue weighted by atomic mass is 9.70. The number of aromatic amines is 1. The average Bonchev–Trinajstić information content (AvgIpc) is 3.14. The summed E-state index contributed by atoms with van der Waals surface area (Å²) in [5.74, 6) is 2.30. The van der Waals surface area contributed by atoms with Crippen LogP contribution >= 0.6 is 0 Å². The first-order valence-corrected chi connectivity index (χ1v) is 9.91. The molecule has 2 aromatic rings. The molecule has 0 saturated heterocycles. The molecule has 0 aromatic carbocycles. The number of carbonyl (C=O) groups excluding carboxylic acids is 1. The van der Waals surface area contributed by atoms with Crippen molar-refractivity contribution < 1.29 is 27.6 Å². The molecular formula is C20H22BF3N2O3. The molecule has 0 unspecified atom stereocenters. The van der Waals surface area contributed by atoms with Gasteiger partial charge in [-0.3, -0.25) is 4.79 Å². The van der Waals surface area contributed by atoms with E-state index in [0.717, 1.165) is 47.9 Å². The van der Waals surface area contributed by atoms with Crippen LogP contribution in [0.15, 0.2) is 24.4 Å². The molecule has 154 valence electrons. The third kappa shape index (κ3) is 4.50. The minimum Gasteiger partial charge on any atom is -0.531 e. The second-order valence-electron chi connectivity index (χ2n) is 7.94. The number of alkyl halides is 3. The van der Waals surface area contributed by atoms with E-state index in [2.05, 4.69) is 9.97 Å². The van der Waals surface area contributed by atoms with Gasteiger partial charge < -0.3 is 14.7 Å². The molecule has 1 aliphatic heterocycles. The zero-order valence-electron chi connectivity index (χ0n) is 15.8. The smallest absolute Gasteiger partial charge is 0.531 e. The van der Waals surface area contributed by atoms with Gasteiger partial charge in [0.25, 0.3) is 0 Å². The van der Waals surface area contributed by atoms with E-state index in [1.165, 1.54) is 0 Å². The number of allylic oxidation sites excluding steroid dienone is 1. The van der Waals surface area contributed by atoms with Crippen LogP contribution in [0.3, 0.4) is 0 Å². The fourth-order valence-corrected chi connectivity index (χ4v) is 4.50. The Morgan fingerprint density at radius 1 is 1.31 bits per heavy atom. The maximum absolute atomic E-state index is 12.3. The predicted molar refractivity (Wildman–Crippen MR) is 103 cm³/mol. The van der Waals surface area contributed by atoms with Crippen molar-refractivity contribution in [3.8, 4) is 5.75 Å². The SMILES string of the molecule is O=C(CCC(F)(F)F)CC1CCC(C2=CB(O)Oc3cnc4[nH]ccc4c32)CC1. The van der Waals surface area contributed by atoms with Gasteiger partial charge in [-0.25, -0.2) is 4.98 Å². The van der Waals surface area contributed by atoms with E-state index in [0.29, 0.717) is 5.75 Å². The lowest BCUT2D eigenvalue weighted by Crippen LogP contribution is -2.27. The molecule has 0 spiro atoms. The van der Waals surface area contributed by atoms with Crippen molar-refractivity contribution >= 4 is 29.5 Å². The van der Waals surface area contributed by atoms with Gasteiger partial charge in [0.1, 0.15) is 17.2 Å². The van der Waals surface area contributed by atoms with Crippen LogP contribution in [0, 0.1) is 11.8 Å². The molecule has 0 atom stereocenters. The molecule has 4 rings (SSSR count). The molecule has 2 aromatic heterocycles. The first-order valence-electron chi connectivity index (χ1n) is 9.91. The molecule has 3 heterocycles. The maximum Gasteiger partial charge on any atom is 0.552 e. The van der Waals surface area contributed by atoms with Gasteiger partial charge in [-0.2, -0.15) is 13.2 Å². The number of nitrogens with zero attached hydrogens (tertiary/aromatic N) is 1. The number of fused-ring (bicyclic) bond motifs is 3. The Morgan fingerprint density at radius 3 is 2.79 bits per heavy atom. The Bertz CT molecular complexity index is 933. The summed E-state index contributed by atoms with van der Waals surface area (Å²) in [6.45, 7) is 0. The summed E-state index contributed by atoms with van der Waals surface area (Å²) in [7, 11) is -1.03. The number of halogens is 3. The normalized spacial score (nSPS) is 22.2. The number of H-pyrrole nitrogens is 1. The van der Waals surface area contributed by atoms with Crippen molar-refractivity contribution in [2.24, 2.45) is 11.8 Å². The average molecular weight is 406 g/mol. The highest BCUT2D eigenvalue weighted by Crippen LogP contribution is 2.45. The molecular weight excluding hydrogens is 384 g/mol. The molecule has 2 N–H and O–H groups in total. The Balaban J connectivity index is 1.43. The van der Waals surface area contributed by atoms with Crippen LogP contribution in [0.1, 0.15) is 50.5 Å². The number of carbonyl (C=O) groups is 1. The van der Waals surface area contributed by atoms with Gasteiger partial charge in [0.2, 0.25) is 0 Å². The lowest BCUT2D eigenvalue weighted by Gasteiger charge is -2.32. The Morgan fingerprint density at radius 2 is 2.07 bits per heavy atom. The summed E-state index contributed by atoms with van der Waals surface area (Å²) < 4.78 is 42.4. The number of hydrogen-bond acceptors (Lipinski definition) is 4. The third-order valence-electron chi connectivity index (χ3n) is 5.90. The van der Waals surface area contributed by atoms with Gasteiger partial charge in [0, 0.05) is 30.0 Å². The second-order valence-corrected chi connectivity index (χ2v) is 7.94. The molecule has 5 nitrogen and oxygen atoms in total. The van der Waals surface area contributed by atoms with Crippen molar-refractivity contribution in [2.45, 2.75) is 51.1 Å². The van der Waals surface area contributed by atoms with E-state index < -0.39 is 26.1 Å². The fourth-order valence-electron chi connectivity index (χ4n) is 4.50. The van der Waals surface area contributed by atoms with Crippen molar-refractivity contribution in [1.29, 1.82) is 0 Å². The molecule has 0 amide bonds. The number of pyridine rings is 1. The van der Waals surface area contributed by atoms with E-state index in [-0.39, 0.29) is 24.0 Å². The summed E-state index contributed by atoms with van der Waals surface area (Å²) in [5, 5.41) is 11.0. The Kier molecular flexibility index (Phi) is 5.42. The number of nitrogens with one attached hydrogen (secondary N) is 1. The van der Waals surface area contributed by atoms with Crippen LogP contribution in [-0.2, 0) is 4.79 Å². The Hall–Kier alpha value is -2.29. The number of ketones is 1. The zero-order valence-corrected chi connectivity index (χ0v) is 15.8.